The van der Waals surface area contributed by atoms with Crippen molar-refractivity contribution in [1.82, 2.24) is 19.4 Å². The minimum Gasteiger partial charge on any atom is -0.508 e. The van der Waals surface area contributed by atoms with Gasteiger partial charge in [-0.15, -0.1) is 12.4 Å². The quantitative estimate of drug-likeness (QED) is 0.193. The van der Waals surface area contributed by atoms with Gasteiger partial charge >= 0.3 is 0 Å². The number of morpholine rings is 1. The fourth-order valence-electron chi connectivity index (χ4n) is 7.00. The summed E-state index contributed by atoms with van der Waals surface area (Å²) in [5, 5.41) is 20.0. The summed E-state index contributed by atoms with van der Waals surface area (Å²) in [6.45, 7) is 6.07. The van der Waals surface area contributed by atoms with Crippen LogP contribution in [0.4, 0.5) is 11.5 Å². The number of phenolic OH excluding ortho intramolecular Hbond substituents is 1. The normalized spacial score (nSPS) is 15.7. The number of carbonyl (C=O) groups excluding carboxylic acids is 2. The Kier molecular flexibility index (Phi) is 11.0. The zero-order chi connectivity index (χ0) is 35.6. The number of amides is 2. The van der Waals surface area contributed by atoms with Crippen molar-refractivity contribution in [2.45, 2.75) is 25.9 Å². The van der Waals surface area contributed by atoms with Gasteiger partial charge in [0.1, 0.15) is 23.3 Å². The number of halogens is 2. The van der Waals surface area contributed by atoms with E-state index in [0.717, 1.165) is 31.6 Å². The summed E-state index contributed by atoms with van der Waals surface area (Å²) in [4.78, 5) is 39.5. The highest BCUT2D eigenvalue weighted by molar-refractivity contribution is 6.31. The number of benzene rings is 3. The highest BCUT2D eigenvalue weighted by atomic mass is 35.5. The maximum absolute atomic E-state index is 14.8. The largest absolute Gasteiger partial charge is 0.508 e. The van der Waals surface area contributed by atoms with Crippen LogP contribution in [0.3, 0.4) is 0 Å². The number of nitriles is 1. The van der Waals surface area contributed by atoms with Gasteiger partial charge in [-0.05, 0) is 85.1 Å². The lowest BCUT2D eigenvalue weighted by Crippen LogP contribution is -2.52. The molecule has 2 aromatic heterocycles. The Morgan fingerprint density at radius 2 is 1.71 bits per heavy atom. The van der Waals surface area contributed by atoms with E-state index in [0.29, 0.717) is 58.5 Å². The second-order valence-electron chi connectivity index (χ2n) is 12.9. The van der Waals surface area contributed by atoms with Gasteiger partial charge in [0, 0.05) is 66.8 Å². The second-order valence-corrected chi connectivity index (χ2v) is 13.3. The van der Waals surface area contributed by atoms with Crippen molar-refractivity contribution >= 4 is 47.3 Å². The summed E-state index contributed by atoms with van der Waals surface area (Å²) < 4.78 is 7.48. The molecule has 0 aliphatic carbocycles. The van der Waals surface area contributed by atoms with E-state index in [1.165, 1.54) is 22.6 Å². The molecule has 10 nitrogen and oxygen atoms in total. The fourth-order valence-corrected chi connectivity index (χ4v) is 7.17. The van der Waals surface area contributed by atoms with E-state index in [9.17, 15) is 20.0 Å². The predicted molar refractivity (Wildman–Crippen MR) is 202 cm³/mol. The average molecular weight is 738 g/mol. The molecule has 2 amide bonds. The number of hydrogen-bond acceptors (Lipinski definition) is 7. The van der Waals surface area contributed by atoms with Crippen LogP contribution in [0.15, 0.2) is 91.0 Å². The number of nitrogens with zero attached hydrogens (tertiary/aromatic N) is 6. The maximum Gasteiger partial charge on any atom is 0.265 e. The predicted octanol–water partition coefficient (Wildman–Crippen LogP) is 6.93. The van der Waals surface area contributed by atoms with E-state index in [4.69, 9.17) is 16.3 Å². The number of phenols is 1. The number of pyridine rings is 1. The standard InChI is InChI=1S/C40H37ClN6O4.ClH/c1-26-35(40(50)47(31-11-13-33(48)14-12-31)38-9-5-8-30(23-42)43-38)22-37(44(26)2)36-21-29(41)10-15-34(36)39(49)46-24-28-7-4-3-6-27(28)20-32(46)25-45-16-18-51-19-17-45;/h3-15,21-22,32,48H,16-20,24-25H2,1-2H3;1H. The summed E-state index contributed by atoms with van der Waals surface area (Å²) in [6.07, 6.45) is 0.748. The highest BCUT2D eigenvalue weighted by Crippen LogP contribution is 2.36. The fraction of sp³-hybridized carbons (Fsp3) is 0.250. The summed E-state index contributed by atoms with van der Waals surface area (Å²) in [6, 6.07) is 28.5. The molecule has 7 rings (SSSR count). The SMILES string of the molecule is Cc1c(C(=O)N(c2ccc(O)cc2)c2cccc(C#N)n2)cc(-c2cc(Cl)ccc2C(=O)N2Cc3ccccc3CC2CN2CCOCC2)n1C.Cl. The Hall–Kier alpha value is -5.18. The van der Waals surface area contributed by atoms with Gasteiger partial charge in [-0.25, -0.2) is 4.98 Å². The molecule has 0 saturated carbocycles. The topological polar surface area (TPSA) is 115 Å². The Morgan fingerprint density at radius 1 is 0.981 bits per heavy atom. The molecule has 2 aliphatic rings. The molecule has 1 fully saturated rings. The van der Waals surface area contributed by atoms with Crippen LogP contribution in [-0.2, 0) is 24.8 Å². The average Bonchev–Trinajstić information content (AvgIpc) is 3.45. The lowest BCUT2D eigenvalue weighted by molar-refractivity contribution is 0.0193. The Morgan fingerprint density at radius 3 is 2.44 bits per heavy atom. The number of aromatic hydroxyl groups is 1. The van der Waals surface area contributed by atoms with Crippen molar-refractivity contribution in [3.05, 3.63) is 130 Å². The first-order chi connectivity index (χ1) is 24.7. The number of rotatable bonds is 7. The van der Waals surface area contributed by atoms with E-state index in [1.807, 2.05) is 35.6 Å². The minimum absolute atomic E-state index is 0. The van der Waals surface area contributed by atoms with E-state index < -0.39 is 5.91 Å². The molecule has 2 aliphatic heterocycles. The van der Waals surface area contributed by atoms with Crippen LogP contribution >= 0.6 is 24.0 Å². The summed E-state index contributed by atoms with van der Waals surface area (Å²) >= 11 is 6.61. The number of carbonyl (C=O) groups is 2. The Bertz CT molecular complexity index is 2160. The zero-order valence-corrected chi connectivity index (χ0v) is 30.4. The van der Waals surface area contributed by atoms with Gasteiger partial charge in [0.05, 0.1) is 24.5 Å². The van der Waals surface area contributed by atoms with Crippen molar-refractivity contribution < 1.29 is 19.4 Å². The van der Waals surface area contributed by atoms with Crippen molar-refractivity contribution in [3.63, 3.8) is 0 Å². The van der Waals surface area contributed by atoms with Gasteiger partial charge in [-0.3, -0.25) is 19.4 Å². The van der Waals surface area contributed by atoms with Crippen LogP contribution in [0.2, 0.25) is 5.02 Å². The van der Waals surface area contributed by atoms with Gasteiger partial charge in [-0.1, -0.05) is 41.9 Å². The van der Waals surface area contributed by atoms with Crippen LogP contribution < -0.4 is 4.90 Å². The van der Waals surface area contributed by atoms with Crippen LogP contribution in [0.25, 0.3) is 11.3 Å². The van der Waals surface area contributed by atoms with Crippen molar-refractivity contribution in [2.75, 3.05) is 37.7 Å². The maximum atomic E-state index is 14.8. The van der Waals surface area contributed by atoms with Crippen LogP contribution in [0, 0.1) is 18.3 Å². The van der Waals surface area contributed by atoms with Gasteiger partial charge in [0.2, 0.25) is 0 Å². The Labute approximate surface area is 313 Å². The van der Waals surface area contributed by atoms with Gasteiger partial charge < -0.3 is 19.3 Å². The summed E-state index contributed by atoms with van der Waals surface area (Å²) in [5.41, 5.74) is 5.78. The third-order valence-corrected chi connectivity index (χ3v) is 10.1. The molecule has 1 atom stereocenters. The molecule has 0 bridgehead atoms. The smallest absolute Gasteiger partial charge is 0.265 e. The number of anilines is 2. The van der Waals surface area contributed by atoms with Gasteiger partial charge in [-0.2, -0.15) is 5.26 Å². The number of ether oxygens (including phenoxy) is 1. The molecule has 266 valence electrons. The number of hydrogen-bond donors (Lipinski definition) is 1. The summed E-state index contributed by atoms with van der Waals surface area (Å²) in [7, 11) is 1.86. The molecule has 12 heteroatoms. The number of fused-ring (bicyclic) bond motifs is 1. The monoisotopic (exact) mass is 736 g/mol. The first-order valence-corrected chi connectivity index (χ1v) is 17.2. The molecule has 1 saturated heterocycles. The molecule has 52 heavy (non-hydrogen) atoms. The minimum atomic E-state index is -0.393. The molecular weight excluding hydrogens is 699 g/mol. The lowest BCUT2D eigenvalue weighted by atomic mass is 9.92. The molecule has 1 N–H and O–H groups in total. The van der Waals surface area contributed by atoms with E-state index in [-0.39, 0.29) is 41.6 Å². The zero-order valence-electron chi connectivity index (χ0n) is 28.8. The van der Waals surface area contributed by atoms with E-state index in [2.05, 4.69) is 28.1 Å². The second kappa shape index (κ2) is 15.6. The lowest BCUT2D eigenvalue weighted by Gasteiger charge is -2.40. The highest BCUT2D eigenvalue weighted by Gasteiger charge is 2.34. The van der Waals surface area contributed by atoms with Crippen LogP contribution in [0.1, 0.15) is 43.2 Å². The van der Waals surface area contributed by atoms with Gasteiger partial charge in [0.25, 0.3) is 11.8 Å². The third-order valence-electron chi connectivity index (χ3n) is 9.83. The Balaban J connectivity index is 0.00000464. The third kappa shape index (κ3) is 7.27. The van der Waals surface area contributed by atoms with Crippen molar-refractivity contribution in [3.8, 4) is 23.1 Å². The van der Waals surface area contributed by atoms with Crippen molar-refractivity contribution in [2.24, 2.45) is 7.05 Å². The van der Waals surface area contributed by atoms with Crippen LogP contribution in [-0.4, -0.2) is 75.2 Å². The molecular formula is C40H38Cl2N6O4. The van der Waals surface area contributed by atoms with Crippen molar-refractivity contribution in [1.29, 1.82) is 5.26 Å². The summed E-state index contributed by atoms with van der Waals surface area (Å²) in [5.74, 6) is -0.199. The molecule has 1 unspecified atom stereocenters. The number of aromatic nitrogens is 2. The first-order valence-electron chi connectivity index (χ1n) is 16.9. The first kappa shape index (κ1) is 36.6. The molecule has 0 radical (unpaired) electrons. The van der Waals surface area contributed by atoms with Gasteiger partial charge in [0.15, 0.2) is 0 Å². The molecule has 0 spiro atoms. The van der Waals surface area contributed by atoms with E-state index >= 15 is 0 Å². The van der Waals surface area contributed by atoms with Crippen LogP contribution in [0.5, 0.6) is 5.75 Å². The molecule has 3 aromatic carbocycles. The molecule has 4 heterocycles. The van der Waals surface area contributed by atoms with E-state index in [1.54, 1.807) is 54.6 Å². The molecule has 5 aromatic rings.